The topological polar surface area (TPSA) is 69.8 Å². The smallest absolute Gasteiger partial charge is 0.337 e. The van der Waals surface area contributed by atoms with Crippen LogP contribution in [0.1, 0.15) is 30.6 Å². The van der Waals surface area contributed by atoms with E-state index in [2.05, 4.69) is 23.6 Å². The lowest BCUT2D eigenvalue weighted by Crippen LogP contribution is -2.37. The van der Waals surface area contributed by atoms with Gasteiger partial charge in [-0.3, -0.25) is 4.90 Å². The van der Waals surface area contributed by atoms with Crippen LogP contribution in [-0.2, 0) is 0 Å². The number of nitrogen functional groups attached to an aromatic ring is 1. The maximum Gasteiger partial charge on any atom is 0.337 e. The van der Waals surface area contributed by atoms with Gasteiger partial charge in [0.25, 0.3) is 0 Å². The van der Waals surface area contributed by atoms with E-state index in [0.29, 0.717) is 17.3 Å². The molecule has 1 atom stereocenters. The van der Waals surface area contributed by atoms with Crippen LogP contribution in [0.4, 0.5) is 11.4 Å². The average molecular weight is 277 g/mol. The van der Waals surface area contributed by atoms with Crippen molar-refractivity contribution in [2.24, 2.45) is 0 Å². The predicted octanol–water partition coefficient (Wildman–Crippen LogP) is 1.89. The van der Waals surface area contributed by atoms with Crippen LogP contribution >= 0.6 is 0 Å². The molecule has 0 bridgehead atoms. The van der Waals surface area contributed by atoms with Gasteiger partial charge in [-0.05, 0) is 37.7 Å². The van der Waals surface area contributed by atoms with Gasteiger partial charge < -0.3 is 15.7 Å². The zero-order chi connectivity index (χ0) is 14.7. The molecule has 0 amide bonds. The quantitative estimate of drug-likeness (QED) is 0.804. The van der Waals surface area contributed by atoms with E-state index in [1.165, 1.54) is 0 Å². The van der Waals surface area contributed by atoms with Gasteiger partial charge in [0.1, 0.15) is 0 Å². The number of carboxylic acids is 1. The molecular weight excluding hydrogens is 254 g/mol. The highest BCUT2D eigenvalue weighted by Crippen LogP contribution is 2.28. The van der Waals surface area contributed by atoms with Gasteiger partial charge in [0.05, 0.1) is 11.3 Å². The first kappa shape index (κ1) is 14.7. The monoisotopic (exact) mass is 277 g/mol. The first-order valence-electron chi connectivity index (χ1n) is 7.18. The number of rotatable bonds is 5. The summed E-state index contributed by atoms with van der Waals surface area (Å²) in [6.45, 7) is 8.17. The molecule has 0 aromatic heterocycles. The SMILES string of the molecule is CCN(CC)C1CCN(c2ccc(N)cc2C(=O)O)C1. The molecule has 0 saturated carbocycles. The summed E-state index contributed by atoms with van der Waals surface area (Å²) >= 11 is 0. The van der Waals surface area contributed by atoms with Crippen LogP contribution in [0.5, 0.6) is 0 Å². The summed E-state index contributed by atoms with van der Waals surface area (Å²) in [6.07, 6.45) is 1.07. The molecule has 5 nitrogen and oxygen atoms in total. The van der Waals surface area contributed by atoms with Crippen LogP contribution in [0, 0.1) is 0 Å². The molecule has 1 heterocycles. The maximum atomic E-state index is 11.4. The van der Waals surface area contributed by atoms with Crippen LogP contribution < -0.4 is 10.6 Å². The van der Waals surface area contributed by atoms with Crippen molar-refractivity contribution in [3.05, 3.63) is 23.8 Å². The van der Waals surface area contributed by atoms with Crippen LogP contribution in [0.15, 0.2) is 18.2 Å². The highest BCUT2D eigenvalue weighted by molar-refractivity contribution is 5.95. The van der Waals surface area contributed by atoms with E-state index in [0.717, 1.165) is 38.3 Å². The Morgan fingerprint density at radius 2 is 2.15 bits per heavy atom. The zero-order valence-electron chi connectivity index (χ0n) is 12.2. The highest BCUT2D eigenvalue weighted by atomic mass is 16.4. The lowest BCUT2D eigenvalue weighted by molar-refractivity contribution is 0.0697. The molecule has 1 saturated heterocycles. The first-order chi connectivity index (χ1) is 9.56. The Morgan fingerprint density at radius 1 is 1.45 bits per heavy atom. The second-order valence-corrected chi connectivity index (χ2v) is 5.19. The highest BCUT2D eigenvalue weighted by Gasteiger charge is 2.28. The number of aromatic carboxylic acids is 1. The van der Waals surface area contributed by atoms with Gasteiger partial charge in [-0.15, -0.1) is 0 Å². The van der Waals surface area contributed by atoms with E-state index < -0.39 is 5.97 Å². The van der Waals surface area contributed by atoms with Gasteiger partial charge in [-0.2, -0.15) is 0 Å². The van der Waals surface area contributed by atoms with Crippen molar-refractivity contribution in [2.75, 3.05) is 36.8 Å². The van der Waals surface area contributed by atoms with Gasteiger partial charge in [-0.25, -0.2) is 4.79 Å². The van der Waals surface area contributed by atoms with Gasteiger partial charge in [0.15, 0.2) is 0 Å². The summed E-state index contributed by atoms with van der Waals surface area (Å²) in [5.41, 5.74) is 7.26. The Labute approximate surface area is 120 Å². The molecule has 3 N–H and O–H groups in total. The number of nitrogens with zero attached hydrogens (tertiary/aromatic N) is 2. The van der Waals surface area contributed by atoms with E-state index >= 15 is 0 Å². The van der Waals surface area contributed by atoms with E-state index in [4.69, 9.17) is 5.73 Å². The largest absolute Gasteiger partial charge is 0.478 e. The maximum absolute atomic E-state index is 11.4. The number of hydrogen-bond donors (Lipinski definition) is 2. The first-order valence-corrected chi connectivity index (χ1v) is 7.18. The minimum Gasteiger partial charge on any atom is -0.478 e. The van der Waals surface area contributed by atoms with Crippen molar-refractivity contribution in [1.29, 1.82) is 0 Å². The number of carboxylic acid groups (broad SMARTS) is 1. The van der Waals surface area contributed by atoms with Crippen molar-refractivity contribution < 1.29 is 9.90 Å². The summed E-state index contributed by atoms with van der Waals surface area (Å²) in [7, 11) is 0. The van der Waals surface area contributed by atoms with Crippen LogP contribution in [0.3, 0.4) is 0 Å². The predicted molar refractivity (Wildman–Crippen MR) is 81.4 cm³/mol. The van der Waals surface area contributed by atoms with E-state index in [1.807, 2.05) is 6.07 Å². The van der Waals surface area contributed by atoms with Gasteiger partial charge in [0, 0.05) is 24.8 Å². The number of hydrogen-bond acceptors (Lipinski definition) is 4. The molecule has 1 aliphatic rings. The minimum absolute atomic E-state index is 0.296. The molecule has 2 rings (SSSR count). The molecule has 1 fully saturated rings. The fourth-order valence-electron chi connectivity index (χ4n) is 3.00. The normalized spacial score (nSPS) is 18.8. The van der Waals surface area contributed by atoms with Gasteiger partial charge in [0.2, 0.25) is 0 Å². The second-order valence-electron chi connectivity index (χ2n) is 5.19. The molecule has 20 heavy (non-hydrogen) atoms. The minimum atomic E-state index is -0.918. The van der Waals surface area contributed by atoms with Crippen molar-refractivity contribution in [3.63, 3.8) is 0 Å². The third-order valence-corrected chi connectivity index (χ3v) is 4.08. The summed E-state index contributed by atoms with van der Waals surface area (Å²) in [6, 6.07) is 5.64. The second kappa shape index (κ2) is 6.13. The van der Waals surface area contributed by atoms with Crippen LogP contribution in [0.25, 0.3) is 0 Å². The average Bonchev–Trinajstić information content (AvgIpc) is 2.89. The molecule has 0 aliphatic carbocycles. The fourth-order valence-corrected chi connectivity index (χ4v) is 3.00. The Balaban J connectivity index is 2.20. The number of benzene rings is 1. The molecule has 110 valence electrons. The summed E-state index contributed by atoms with van der Waals surface area (Å²) in [5, 5.41) is 9.33. The van der Waals surface area contributed by atoms with Gasteiger partial charge in [-0.1, -0.05) is 13.8 Å². The molecular formula is C15H23N3O2. The lowest BCUT2D eigenvalue weighted by atomic mass is 10.1. The Bertz CT molecular complexity index is 486. The molecule has 1 aromatic rings. The van der Waals surface area contributed by atoms with E-state index in [9.17, 15) is 9.90 Å². The lowest BCUT2D eigenvalue weighted by Gasteiger charge is -2.27. The molecule has 0 radical (unpaired) electrons. The summed E-state index contributed by atoms with van der Waals surface area (Å²) < 4.78 is 0. The van der Waals surface area contributed by atoms with Crippen LogP contribution in [0.2, 0.25) is 0 Å². The van der Waals surface area contributed by atoms with Crippen molar-refractivity contribution in [2.45, 2.75) is 26.3 Å². The van der Waals surface area contributed by atoms with E-state index in [1.54, 1.807) is 12.1 Å². The number of likely N-dealkylation sites (N-methyl/N-ethyl adjacent to an activating group) is 1. The summed E-state index contributed by atoms with van der Waals surface area (Å²) in [5.74, 6) is -0.918. The standard InChI is InChI=1S/C15H23N3O2/c1-3-17(4-2)12-7-8-18(10-12)14-6-5-11(16)9-13(14)15(19)20/h5-6,9,12H,3-4,7-8,10,16H2,1-2H3,(H,19,20). The number of carbonyl (C=O) groups is 1. The molecule has 1 aliphatic heterocycles. The Kier molecular flexibility index (Phi) is 4.49. The molecule has 0 spiro atoms. The zero-order valence-corrected chi connectivity index (χ0v) is 12.2. The summed E-state index contributed by atoms with van der Waals surface area (Å²) in [4.78, 5) is 16.0. The Morgan fingerprint density at radius 3 is 2.75 bits per heavy atom. The van der Waals surface area contributed by atoms with Crippen molar-refractivity contribution in [3.8, 4) is 0 Å². The van der Waals surface area contributed by atoms with Gasteiger partial charge >= 0.3 is 5.97 Å². The third kappa shape index (κ3) is 2.88. The molecule has 1 unspecified atom stereocenters. The third-order valence-electron chi connectivity index (χ3n) is 4.08. The number of anilines is 2. The van der Waals surface area contributed by atoms with Crippen molar-refractivity contribution in [1.82, 2.24) is 4.90 Å². The molecule has 5 heteroatoms. The fraction of sp³-hybridized carbons (Fsp3) is 0.533. The van der Waals surface area contributed by atoms with E-state index in [-0.39, 0.29) is 0 Å². The number of nitrogens with two attached hydrogens (primary N) is 1. The van der Waals surface area contributed by atoms with Crippen molar-refractivity contribution >= 4 is 17.3 Å². The molecule has 1 aromatic carbocycles. The Hall–Kier alpha value is -1.75. The van der Waals surface area contributed by atoms with Crippen LogP contribution in [-0.4, -0.2) is 48.2 Å².